The Labute approximate surface area is 145 Å². The van der Waals surface area contributed by atoms with Crippen LogP contribution in [-0.2, 0) is 13.0 Å². The number of likely N-dealkylation sites (tertiary alicyclic amines) is 1. The SMILES string of the molecule is CCc1nnc(CNc2ccccc2C(=O)N2CCCC(O)C2)s1. The predicted octanol–water partition coefficient (Wildman–Crippen LogP) is 2.31. The van der Waals surface area contributed by atoms with Crippen LogP contribution in [0.5, 0.6) is 0 Å². The highest BCUT2D eigenvalue weighted by atomic mass is 32.1. The van der Waals surface area contributed by atoms with E-state index in [9.17, 15) is 9.90 Å². The van der Waals surface area contributed by atoms with Gasteiger partial charge in [0, 0.05) is 18.8 Å². The van der Waals surface area contributed by atoms with E-state index in [2.05, 4.69) is 22.4 Å². The summed E-state index contributed by atoms with van der Waals surface area (Å²) >= 11 is 1.58. The van der Waals surface area contributed by atoms with Gasteiger partial charge in [-0.3, -0.25) is 4.79 Å². The molecule has 0 aliphatic carbocycles. The van der Waals surface area contributed by atoms with E-state index in [0.29, 0.717) is 25.2 Å². The number of carbonyl (C=O) groups is 1. The van der Waals surface area contributed by atoms with Crippen molar-refractivity contribution >= 4 is 22.9 Å². The van der Waals surface area contributed by atoms with Crippen LogP contribution in [-0.4, -0.2) is 45.3 Å². The highest BCUT2D eigenvalue weighted by molar-refractivity contribution is 7.11. The molecular formula is C17H22N4O2S. The molecule has 1 aromatic carbocycles. The molecule has 1 fully saturated rings. The van der Waals surface area contributed by atoms with Gasteiger partial charge in [-0.05, 0) is 31.4 Å². The molecule has 128 valence electrons. The zero-order valence-corrected chi connectivity index (χ0v) is 14.6. The summed E-state index contributed by atoms with van der Waals surface area (Å²) in [5.74, 6) is -0.0386. The first kappa shape index (κ1) is 16.9. The number of aliphatic hydroxyl groups is 1. The van der Waals surface area contributed by atoms with Crippen molar-refractivity contribution in [2.45, 2.75) is 38.8 Å². The van der Waals surface area contributed by atoms with Crippen molar-refractivity contribution in [1.29, 1.82) is 0 Å². The maximum absolute atomic E-state index is 12.8. The maximum Gasteiger partial charge on any atom is 0.256 e. The van der Waals surface area contributed by atoms with Gasteiger partial charge in [-0.25, -0.2) is 0 Å². The summed E-state index contributed by atoms with van der Waals surface area (Å²) in [5.41, 5.74) is 1.42. The lowest BCUT2D eigenvalue weighted by Gasteiger charge is -2.30. The van der Waals surface area contributed by atoms with Gasteiger partial charge in [-0.1, -0.05) is 30.4 Å². The minimum absolute atomic E-state index is 0.0386. The first-order chi connectivity index (χ1) is 11.7. The largest absolute Gasteiger partial charge is 0.391 e. The number of β-amino-alcohol motifs (C(OH)–C–C–N with tert-alkyl or cyclic N) is 1. The molecule has 6 nitrogen and oxygen atoms in total. The number of anilines is 1. The van der Waals surface area contributed by atoms with Crippen molar-refractivity contribution in [3.63, 3.8) is 0 Å². The number of benzene rings is 1. The van der Waals surface area contributed by atoms with Crippen LogP contribution in [0.1, 0.15) is 40.1 Å². The van der Waals surface area contributed by atoms with Gasteiger partial charge in [0.25, 0.3) is 5.91 Å². The van der Waals surface area contributed by atoms with Crippen molar-refractivity contribution in [2.75, 3.05) is 18.4 Å². The molecule has 2 aromatic rings. The van der Waals surface area contributed by atoms with Crippen molar-refractivity contribution in [3.8, 4) is 0 Å². The summed E-state index contributed by atoms with van der Waals surface area (Å²) in [7, 11) is 0. The minimum Gasteiger partial charge on any atom is -0.391 e. The molecule has 1 unspecified atom stereocenters. The Morgan fingerprint density at radius 2 is 2.17 bits per heavy atom. The smallest absolute Gasteiger partial charge is 0.256 e. The van der Waals surface area contributed by atoms with E-state index in [1.54, 1.807) is 16.2 Å². The summed E-state index contributed by atoms with van der Waals surface area (Å²) in [6, 6.07) is 7.49. The molecule has 1 saturated heterocycles. The Morgan fingerprint density at radius 1 is 1.38 bits per heavy atom. The monoisotopic (exact) mass is 346 g/mol. The molecule has 7 heteroatoms. The van der Waals surface area contributed by atoms with Crippen molar-refractivity contribution in [2.24, 2.45) is 0 Å². The highest BCUT2D eigenvalue weighted by Crippen LogP contribution is 2.21. The van der Waals surface area contributed by atoms with Crippen LogP contribution in [0.4, 0.5) is 5.69 Å². The molecule has 0 saturated carbocycles. The van der Waals surface area contributed by atoms with Crippen molar-refractivity contribution in [1.82, 2.24) is 15.1 Å². The van der Waals surface area contributed by atoms with Crippen LogP contribution >= 0.6 is 11.3 Å². The third kappa shape index (κ3) is 3.91. The number of aromatic nitrogens is 2. The fourth-order valence-electron chi connectivity index (χ4n) is 2.81. The van der Waals surface area contributed by atoms with Gasteiger partial charge in [-0.2, -0.15) is 0 Å². The number of rotatable bonds is 5. The fraction of sp³-hybridized carbons (Fsp3) is 0.471. The minimum atomic E-state index is -0.420. The van der Waals surface area contributed by atoms with E-state index in [4.69, 9.17) is 0 Å². The Kier molecular flexibility index (Phi) is 5.42. The molecule has 1 amide bonds. The molecule has 0 radical (unpaired) electrons. The summed E-state index contributed by atoms with van der Waals surface area (Å²) in [6.45, 7) is 3.70. The quantitative estimate of drug-likeness (QED) is 0.869. The maximum atomic E-state index is 12.8. The molecule has 1 aliphatic heterocycles. The lowest BCUT2D eigenvalue weighted by Crippen LogP contribution is -2.42. The van der Waals surface area contributed by atoms with Gasteiger partial charge >= 0.3 is 0 Å². The Hall–Kier alpha value is -1.99. The van der Waals surface area contributed by atoms with Gasteiger partial charge in [0.2, 0.25) is 0 Å². The summed E-state index contributed by atoms with van der Waals surface area (Å²) in [6.07, 6.45) is 2.06. The number of nitrogens with one attached hydrogen (secondary N) is 1. The number of hydrogen-bond acceptors (Lipinski definition) is 6. The van der Waals surface area contributed by atoms with Crippen LogP contribution in [0.2, 0.25) is 0 Å². The van der Waals surface area contributed by atoms with Gasteiger partial charge in [0.1, 0.15) is 10.0 Å². The third-order valence-electron chi connectivity index (χ3n) is 4.08. The second kappa shape index (κ2) is 7.72. The number of aliphatic hydroxyl groups excluding tert-OH is 1. The Bertz CT molecular complexity index is 703. The van der Waals surface area contributed by atoms with Crippen LogP contribution < -0.4 is 5.32 Å². The molecule has 1 aromatic heterocycles. The van der Waals surface area contributed by atoms with Crippen LogP contribution in [0.25, 0.3) is 0 Å². The van der Waals surface area contributed by atoms with Crippen molar-refractivity contribution < 1.29 is 9.90 Å². The van der Waals surface area contributed by atoms with Crippen molar-refractivity contribution in [3.05, 3.63) is 39.8 Å². The van der Waals surface area contributed by atoms with E-state index in [1.807, 2.05) is 24.3 Å². The number of piperidine rings is 1. The molecule has 1 aliphatic rings. The lowest BCUT2D eigenvalue weighted by atomic mass is 10.1. The van der Waals surface area contributed by atoms with E-state index in [1.165, 1.54) is 0 Å². The fourth-order valence-corrected chi connectivity index (χ4v) is 3.53. The molecule has 2 heterocycles. The number of aryl methyl sites for hydroxylation is 1. The molecule has 0 bridgehead atoms. The topological polar surface area (TPSA) is 78.4 Å². The summed E-state index contributed by atoms with van der Waals surface area (Å²) in [4.78, 5) is 14.5. The number of amides is 1. The van der Waals surface area contributed by atoms with Gasteiger partial charge in [-0.15, -0.1) is 10.2 Å². The van der Waals surface area contributed by atoms with E-state index >= 15 is 0 Å². The number of para-hydroxylation sites is 1. The Morgan fingerprint density at radius 3 is 2.92 bits per heavy atom. The second-order valence-corrected chi connectivity index (χ2v) is 7.04. The first-order valence-corrected chi connectivity index (χ1v) is 9.10. The normalized spacial score (nSPS) is 17.8. The number of nitrogens with zero attached hydrogens (tertiary/aromatic N) is 3. The molecule has 24 heavy (non-hydrogen) atoms. The zero-order chi connectivity index (χ0) is 16.9. The molecular weight excluding hydrogens is 324 g/mol. The molecule has 2 N–H and O–H groups in total. The van der Waals surface area contributed by atoms with Gasteiger partial charge < -0.3 is 15.3 Å². The molecule has 1 atom stereocenters. The van der Waals surface area contributed by atoms with Crippen LogP contribution in [0.3, 0.4) is 0 Å². The summed E-state index contributed by atoms with van der Waals surface area (Å²) < 4.78 is 0. The Balaban J connectivity index is 1.71. The molecule has 0 spiro atoms. The van der Waals surface area contributed by atoms with Gasteiger partial charge in [0.15, 0.2) is 0 Å². The van der Waals surface area contributed by atoms with Crippen LogP contribution in [0.15, 0.2) is 24.3 Å². The highest BCUT2D eigenvalue weighted by Gasteiger charge is 2.24. The standard InChI is InChI=1S/C17H22N4O2S/c1-2-15-19-20-16(24-15)10-18-14-8-4-3-7-13(14)17(23)21-9-5-6-12(22)11-21/h3-4,7-8,12,18,22H,2,5-6,9-11H2,1H3. The van der Waals surface area contributed by atoms with Gasteiger partial charge in [0.05, 0.1) is 18.2 Å². The average Bonchev–Trinajstić information content (AvgIpc) is 3.08. The van der Waals surface area contributed by atoms with E-state index < -0.39 is 6.10 Å². The second-order valence-electron chi connectivity index (χ2n) is 5.89. The summed E-state index contributed by atoms with van der Waals surface area (Å²) in [5, 5.41) is 23.3. The number of hydrogen-bond donors (Lipinski definition) is 2. The number of carbonyl (C=O) groups excluding carboxylic acids is 1. The third-order valence-corrected chi connectivity index (χ3v) is 5.15. The lowest BCUT2D eigenvalue weighted by molar-refractivity contribution is 0.0474. The first-order valence-electron chi connectivity index (χ1n) is 8.29. The predicted molar refractivity (Wildman–Crippen MR) is 94.2 cm³/mol. The van der Waals surface area contributed by atoms with Crippen LogP contribution in [0, 0.1) is 0 Å². The van der Waals surface area contributed by atoms with E-state index in [0.717, 1.165) is 35.0 Å². The van der Waals surface area contributed by atoms with E-state index in [-0.39, 0.29) is 5.91 Å². The average molecular weight is 346 g/mol. The zero-order valence-electron chi connectivity index (χ0n) is 13.7. The molecule has 3 rings (SSSR count).